The van der Waals surface area contributed by atoms with E-state index in [0.29, 0.717) is 18.4 Å². The Hall–Kier alpha value is -0.570. The van der Waals surface area contributed by atoms with Gasteiger partial charge in [0.05, 0.1) is 6.61 Å². The highest BCUT2D eigenvalue weighted by Gasteiger charge is 2.43. The maximum atomic E-state index is 11.2. The van der Waals surface area contributed by atoms with Crippen molar-refractivity contribution in [2.24, 2.45) is 11.3 Å². The van der Waals surface area contributed by atoms with Crippen LogP contribution in [0.3, 0.4) is 0 Å². The number of piperidine rings is 1. The predicted molar refractivity (Wildman–Crippen MR) is 63.1 cm³/mol. The van der Waals surface area contributed by atoms with Crippen molar-refractivity contribution in [1.29, 1.82) is 0 Å². The first kappa shape index (κ1) is 11.9. The monoisotopic (exact) mass is 225 g/mol. The largest absolute Gasteiger partial charge is 0.466 e. The molecule has 1 spiro atoms. The van der Waals surface area contributed by atoms with E-state index in [9.17, 15) is 4.79 Å². The quantitative estimate of drug-likeness (QED) is 0.745. The molecule has 0 aromatic heterocycles. The van der Waals surface area contributed by atoms with Crippen molar-refractivity contribution >= 4 is 5.97 Å². The summed E-state index contributed by atoms with van der Waals surface area (Å²) >= 11 is 0. The summed E-state index contributed by atoms with van der Waals surface area (Å²) in [5, 5.41) is 3.42. The molecule has 1 saturated heterocycles. The fourth-order valence-electron chi connectivity index (χ4n) is 3.29. The van der Waals surface area contributed by atoms with Gasteiger partial charge < -0.3 is 10.1 Å². The van der Waals surface area contributed by atoms with Gasteiger partial charge in [-0.15, -0.1) is 0 Å². The third-order valence-corrected chi connectivity index (χ3v) is 4.17. The number of carbonyl (C=O) groups is 1. The van der Waals surface area contributed by atoms with Crippen molar-refractivity contribution in [3.8, 4) is 0 Å². The van der Waals surface area contributed by atoms with Crippen molar-refractivity contribution in [3.05, 3.63) is 0 Å². The molecular weight excluding hydrogens is 202 g/mol. The molecule has 1 heterocycles. The van der Waals surface area contributed by atoms with Crippen molar-refractivity contribution < 1.29 is 9.53 Å². The molecule has 1 aliphatic heterocycles. The molecule has 0 atom stereocenters. The fourth-order valence-corrected chi connectivity index (χ4v) is 3.29. The molecule has 2 aliphatic rings. The summed E-state index contributed by atoms with van der Waals surface area (Å²) < 4.78 is 4.95. The minimum Gasteiger partial charge on any atom is -0.466 e. The van der Waals surface area contributed by atoms with E-state index >= 15 is 0 Å². The highest BCUT2D eigenvalue weighted by molar-refractivity contribution is 5.69. The maximum Gasteiger partial charge on any atom is 0.305 e. The first-order valence-electron chi connectivity index (χ1n) is 6.60. The van der Waals surface area contributed by atoms with Crippen LogP contribution in [0, 0.1) is 11.3 Å². The van der Waals surface area contributed by atoms with Crippen LogP contribution in [0.2, 0.25) is 0 Å². The highest BCUT2D eigenvalue weighted by Crippen LogP contribution is 2.52. The summed E-state index contributed by atoms with van der Waals surface area (Å²) in [6.45, 7) is 4.75. The molecule has 0 aromatic rings. The van der Waals surface area contributed by atoms with Crippen molar-refractivity contribution in [1.82, 2.24) is 5.32 Å². The van der Waals surface area contributed by atoms with E-state index < -0.39 is 0 Å². The van der Waals surface area contributed by atoms with E-state index in [4.69, 9.17) is 4.74 Å². The van der Waals surface area contributed by atoms with Gasteiger partial charge in [-0.25, -0.2) is 0 Å². The standard InChI is InChI=1S/C13H23NO2/c1-2-16-12(15)4-3-11-9-13(10-11)5-7-14-8-6-13/h11,14H,2-10H2,1H3. The topological polar surface area (TPSA) is 38.3 Å². The van der Waals surface area contributed by atoms with Gasteiger partial charge >= 0.3 is 5.97 Å². The second-order valence-electron chi connectivity index (χ2n) is 5.37. The van der Waals surface area contributed by atoms with Crippen LogP contribution >= 0.6 is 0 Å². The molecule has 3 heteroatoms. The van der Waals surface area contributed by atoms with E-state index in [1.54, 1.807) is 0 Å². The van der Waals surface area contributed by atoms with Gasteiger partial charge in [0.15, 0.2) is 0 Å². The lowest BCUT2D eigenvalue weighted by atomic mass is 9.57. The molecule has 0 unspecified atom stereocenters. The number of nitrogens with one attached hydrogen (secondary N) is 1. The van der Waals surface area contributed by atoms with Crippen LogP contribution in [0.25, 0.3) is 0 Å². The summed E-state index contributed by atoms with van der Waals surface area (Å²) in [5.74, 6) is 0.760. The maximum absolute atomic E-state index is 11.2. The summed E-state index contributed by atoms with van der Waals surface area (Å²) in [4.78, 5) is 11.2. The van der Waals surface area contributed by atoms with Crippen LogP contribution in [-0.4, -0.2) is 25.7 Å². The predicted octanol–water partition coefficient (Wildman–Crippen LogP) is 2.11. The lowest BCUT2D eigenvalue weighted by Crippen LogP contribution is -2.45. The molecule has 2 rings (SSSR count). The number of hydrogen-bond acceptors (Lipinski definition) is 3. The Labute approximate surface area is 97.9 Å². The average Bonchev–Trinajstić information content (AvgIpc) is 2.25. The van der Waals surface area contributed by atoms with Crippen molar-refractivity contribution in [2.45, 2.75) is 45.4 Å². The molecule has 0 radical (unpaired) electrons. The molecule has 16 heavy (non-hydrogen) atoms. The zero-order valence-corrected chi connectivity index (χ0v) is 10.3. The Morgan fingerprint density at radius 1 is 1.38 bits per heavy atom. The van der Waals surface area contributed by atoms with Crippen LogP contribution in [0.5, 0.6) is 0 Å². The Morgan fingerprint density at radius 2 is 2.06 bits per heavy atom. The summed E-state index contributed by atoms with van der Waals surface area (Å²) in [7, 11) is 0. The Balaban J connectivity index is 1.62. The summed E-state index contributed by atoms with van der Waals surface area (Å²) in [5.41, 5.74) is 0.643. The molecule has 1 N–H and O–H groups in total. The van der Waals surface area contributed by atoms with Crippen LogP contribution in [0.15, 0.2) is 0 Å². The SMILES string of the molecule is CCOC(=O)CCC1CC2(CCNCC2)C1. The molecule has 1 saturated carbocycles. The lowest BCUT2D eigenvalue weighted by Gasteiger charge is -2.50. The number of ether oxygens (including phenoxy) is 1. The summed E-state index contributed by atoms with van der Waals surface area (Å²) in [6.07, 6.45) is 7.01. The van der Waals surface area contributed by atoms with E-state index in [0.717, 1.165) is 12.3 Å². The van der Waals surface area contributed by atoms with Gasteiger partial charge in [0.2, 0.25) is 0 Å². The van der Waals surface area contributed by atoms with E-state index in [-0.39, 0.29) is 5.97 Å². The van der Waals surface area contributed by atoms with Gasteiger partial charge in [-0.05, 0) is 63.5 Å². The molecular formula is C13H23NO2. The molecule has 0 aromatic carbocycles. The third kappa shape index (κ3) is 2.76. The van der Waals surface area contributed by atoms with E-state index in [1.807, 2.05) is 6.92 Å². The second kappa shape index (κ2) is 5.17. The zero-order chi connectivity index (χ0) is 11.4. The third-order valence-electron chi connectivity index (χ3n) is 4.17. The van der Waals surface area contributed by atoms with Crippen LogP contribution in [-0.2, 0) is 9.53 Å². The van der Waals surface area contributed by atoms with E-state index in [2.05, 4.69) is 5.32 Å². The Morgan fingerprint density at radius 3 is 2.69 bits per heavy atom. The fraction of sp³-hybridized carbons (Fsp3) is 0.923. The van der Waals surface area contributed by atoms with Gasteiger partial charge in [-0.1, -0.05) is 0 Å². The first-order valence-corrected chi connectivity index (χ1v) is 6.60. The van der Waals surface area contributed by atoms with Crippen molar-refractivity contribution in [2.75, 3.05) is 19.7 Å². The Kier molecular flexibility index (Phi) is 3.85. The number of carbonyl (C=O) groups excluding carboxylic acids is 1. The zero-order valence-electron chi connectivity index (χ0n) is 10.3. The minimum absolute atomic E-state index is 0.0197. The van der Waals surface area contributed by atoms with Crippen LogP contribution in [0.1, 0.15) is 45.4 Å². The van der Waals surface area contributed by atoms with Crippen LogP contribution in [0.4, 0.5) is 0 Å². The normalized spacial score (nSPS) is 24.1. The van der Waals surface area contributed by atoms with Crippen LogP contribution < -0.4 is 5.32 Å². The minimum atomic E-state index is -0.0197. The van der Waals surface area contributed by atoms with E-state index in [1.165, 1.54) is 38.8 Å². The molecule has 92 valence electrons. The van der Waals surface area contributed by atoms with Gasteiger partial charge in [0.25, 0.3) is 0 Å². The summed E-state index contributed by atoms with van der Waals surface area (Å²) in [6, 6.07) is 0. The number of rotatable bonds is 4. The van der Waals surface area contributed by atoms with Gasteiger partial charge in [-0.2, -0.15) is 0 Å². The molecule has 0 amide bonds. The van der Waals surface area contributed by atoms with Gasteiger partial charge in [0, 0.05) is 6.42 Å². The molecule has 3 nitrogen and oxygen atoms in total. The molecule has 2 fully saturated rings. The second-order valence-corrected chi connectivity index (χ2v) is 5.37. The van der Waals surface area contributed by atoms with Gasteiger partial charge in [0.1, 0.15) is 0 Å². The molecule has 0 bridgehead atoms. The molecule has 1 aliphatic carbocycles. The smallest absolute Gasteiger partial charge is 0.305 e. The van der Waals surface area contributed by atoms with Crippen molar-refractivity contribution in [3.63, 3.8) is 0 Å². The highest BCUT2D eigenvalue weighted by atomic mass is 16.5. The Bertz CT molecular complexity index is 238. The lowest BCUT2D eigenvalue weighted by molar-refractivity contribution is -0.144. The first-order chi connectivity index (χ1) is 7.74. The van der Waals surface area contributed by atoms with Gasteiger partial charge in [-0.3, -0.25) is 4.79 Å². The average molecular weight is 225 g/mol. The number of hydrogen-bond donors (Lipinski definition) is 1. The number of esters is 1.